The number of nitrogens with two attached hydrogens (primary N) is 1. The number of primary amides is 1. The summed E-state index contributed by atoms with van der Waals surface area (Å²) in [7, 11) is 0. The largest absolute Gasteiger partial charge is 0.480 e. The van der Waals surface area contributed by atoms with Crippen LogP contribution in [0.3, 0.4) is 0 Å². The first kappa shape index (κ1) is 15.1. The van der Waals surface area contributed by atoms with Crippen LogP contribution in [0, 0.1) is 0 Å². The minimum absolute atomic E-state index is 0.185. The molecule has 0 aromatic heterocycles. The molecule has 0 saturated heterocycles. The highest BCUT2D eigenvalue weighted by molar-refractivity contribution is 5.86. The Balaban J connectivity index is 2.39. The number of rotatable bonds is 5. The fraction of sp³-hybridized carbons (Fsp3) is 0.727. The second-order valence-corrected chi connectivity index (χ2v) is 4.62. The van der Waals surface area contributed by atoms with Crippen LogP contribution < -0.4 is 21.7 Å². The van der Waals surface area contributed by atoms with Crippen LogP contribution in [0.15, 0.2) is 0 Å². The van der Waals surface area contributed by atoms with E-state index in [0.29, 0.717) is 12.8 Å². The van der Waals surface area contributed by atoms with Gasteiger partial charge in [0.2, 0.25) is 0 Å². The van der Waals surface area contributed by atoms with Gasteiger partial charge in [0.15, 0.2) is 0 Å². The highest BCUT2D eigenvalue weighted by Crippen LogP contribution is 2.28. The number of nitrogens with one attached hydrogen (secondary N) is 3. The molecule has 1 aliphatic rings. The Morgan fingerprint density at radius 1 is 1.05 bits per heavy atom. The molecular weight excluding hydrogens is 252 g/mol. The predicted molar refractivity (Wildman–Crippen MR) is 67.6 cm³/mol. The molecule has 0 spiro atoms. The third-order valence-corrected chi connectivity index (χ3v) is 3.18. The fourth-order valence-electron chi connectivity index (χ4n) is 2.17. The van der Waals surface area contributed by atoms with Crippen molar-refractivity contribution in [3.05, 3.63) is 0 Å². The zero-order valence-electron chi connectivity index (χ0n) is 10.7. The lowest BCUT2D eigenvalue weighted by Crippen LogP contribution is -2.58. The SMILES string of the molecule is NC(=O)NCCNC(=O)NC1(C(=O)O)CCCCC1. The van der Waals surface area contributed by atoms with E-state index in [1.165, 1.54) is 0 Å². The Hall–Kier alpha value is -1.99. The van der Waals surface area contributed by atoms with Gasteiger partial charge in [-0.25, -0.2) is 14.4 Å². The van der Waals surface area contributed by atoms with Crippen molar-refractivity contribution in [2.45, 2.75) is 37.6 Å². The number of carboxylic acids is 1. The number of carbonyl (C=O) groups is 3. The van der Waals surface area contributed by atoms with Crippen molar-refractivity contribution in [3.8, 4) is 0 Å². The van der Waals surface area contributed by atoms with Crippen LogP contribution in [0.4, 0.5) is 9.59 Å². The first-order chi connectivity index (χ1) is 8.96. The molecule has 1 fully saturated rings. The number of carbonyl (C=O) groups excluding carboxylic acids is 2. The van der Waals surface area contributed by atoms with Crippen molar-refractivity contribution in [1.29, 1.82) is 0 Å². The first-order valence-electron chi connectivity index (χ1n) is 6.29. The van der Waals surface area contributed by atoms with Gasteiger partial charge in [-0.15, -0.1) is 0 Å². The Labute approximate surface area is 111 Å². The van der Waals surface area contributed by atoms with Crippen molar-refractivity contribution < 1.29 is 19.5 Å². The third kappa shape index (κ3) is 4.65. The van der Waals surface area contributed by atoms with E-state index in [-0.39, 0.29) is 13.1 Å². The normalized spacial score (nSPS) is 17.3. The zero-order valence-corrected chi connectivity index (χ0v) is 10.7. The molecule has 0 aromatic carbocycles. The second kappa shape index (κ2) is 6.81. The Bertz CT molecular complexity index is 353. The van der Waals surface area contributed by atoms with Gasteiger partial charge in [0.05, 0.1) is 0 Å². The van der Waals surface area contributed by atoms with Crippen molar-refractivity contribution in [2.24, 2.45) is 5.73 Å². The summed E-state index contributed by atoms with van der Waals surface area (Å²) in [6.07, 6.45) is 3.44. The molecule has 0 radical (unpaired) electrons. The van der Waals surface area contributed by atoms with Crippen LogP contribution in [0.1, 0.15) is 32.1 Å². The van der Waals surface area contributed by atoms with Crippen LogP contribution >= 0.6 is 0 Å². The minimum Gasteiger partial charge on any atom is -0.480 e. The van der Waals surface area contributed by atoms with E-state index < -0.39 is 23.6 Å². The van der Waals surface area contributed by atoms with Crippen molar-refractivity contribution >= 4 is 18.0 Å². The molecule has 19 heavy (non-hydrogen) atoms. The van der Waals surface area contributed by atoms with E-state index in [1.54, 1.807) is 0 Å². The molecule has 0 atom stereocenters. The van der Waals surface area contributed by atoms with Crippen LogP contribution in [0.2, 0.25) is 0 Å². The van der Waals surface area contributed by atoms with E-state index in [0.717, 1.165) is 19.3 Å². The number of aliphatic carboxylic acids is 1. The van der Waals surface area contributed by atoms with Gasteiger partial charge < -0.3 is 26.8 Å². The van der Waals surface area contributed by atoms with Gasteiger partial charge in [0.1, 0.15) is 5.54 Å². The average molecular weight is 272 g/mol. The highest BCUT2D eigenvalue weighted by atomic mass is 16.4. The quantitative estimate of drug-likeness (QED) is 0.441. The summed E-state index contributed by atoms with van der Waals surface area (Å²) in [5, 5.41) is 16.6. The number of carboxylic acid groups (broad SMARTS) is 1. The van der Waals surface area contributed by atoms with E-state index >= 15 is 0 Å². The van der Waals surface area contributed by atoms with E-state index in [1.807, 2.05) is 0 Å². The molecule has 0 aliphatic heterocycles. The molecule has 1 aliphatic carbocycles. The molecule has 1 saturated carbocycles. The molecule has 0 unspecified atom stereocenters. The Morgan fingerprint density at radius 3 is 2.16 bits per heavy atom. The maximum absolute atomic E-state index is 11.6. The maximum atomic E-state index is 11.6. The monoisotopic (exact) mass is 272 g/mol. The van der Waals surface area contributed by atoms with Crippen molar-refractivity contribution in [1.82, 2.24) is 16.0 Å². The van der Waals surface area contributed by atoms with Crippen LogP contribution in [0.5, 0.6) is 0 Å². The first-order valence-corrected chi connectivity index (χ1v) is 6.29. The maximum Gasteiger partial charge on any atom is 0.329 e. The third-order valence-electron chi connectivity index (χ3n) is 3.18. The molecule has 108 valence electrons. The number of hydrogen-bond donors (Lipinski definition) is 5. The van der Waals surface area contributed by atoms with Gasteiger partial charge >= 0.3 is 18.0 Å². The molecule has 0 bridgehead atoms. The van der Waals surface area contributed by atoms with Crippen molar-refractivity contribution in [3.63, 3.8) is 0 Å². The van der Waals surface area contributed by atoms with Gasteiger partial charge in [-0.2, -0.15) is 0 Å². The molecule has 8 nitrogen and oxygen atoms in total. The summed E-state index contributed by atoms with van der Waals surface area (Å²) < 4.78 is 0. The number of amides is 4. The molecule has 8 heteroatoms. The number of urea groups is 2. The topological polar surface area (TPSA) is 134 Å². The summed E-state index contributed by atoms with van der Waals surface area (Å²) in [4.78, 5) is 33.4. The summed E-state index contributed by atoms with van der Waals surface area (Å²) in [6, 6.07) is -1.22. The molecule has 6 N–H and O–H groups in total. The molecule has 1 rings (SSSR count). The zero-order chi connectivity index (χ0) is 14.3. The highest BCUT2D eigenvalue weighted by Gasteiger charge is 2.40. The second-order valence-electron chi connectivity index (χ2n) is 4.62. The van der Waals surface area contributed by atoms with E-state index in [2.05, 4.69) is 16.0 Å². The van der Waals surface area contributed by atoms with Gasteiger partial charge in [-0.1, -0.05) is 19.3 Å². The molecule has 4 amide bonds. The van der Waals surface area contributed by atoms with Gasteiger partial charge in [-0.3, -0.25) is 0 Å². The summed E-state index contributed by atoms with van der Waals surface area (Å²) >= 11 is 0. The lowest BCUT2D eigenvalue weighted by molar-refractivity contribution is -0.145. The van der Waals surface area contributed by atoms with Gasteiger partial charge in [-0.05, 0) is 12.8 Å². The summed E-state index contributed by atoms with van der Waals surface area (Å²) in [5.41, 5.74) is 3.70. The Kier molecular flexibility index (Phi) is 5.40. The van der Waals surface area contributed by atoms with Gasteiger partial charge in [0, 0.05) is 13.1 Å². The standard InChI is InChI=1S/C11H20N4O4/c12-9(18)13-6-7-14-10(19)15-11(8(16)17)4-2-1-3-5-11/h1-7H2,(H,16,17)(H3,12,13,18)(H2,14,15,19). The smallest absolute Gasteiger partial charge is 0.329 e. The fourth-order valence-corrected chi connectivity index (χ4v) is 2.17. The molecule has 0 heterocycles. The minimum atomic E-state index is -1.17. The van der Waals surface area contributed by atoms with Crippen LogP contribution in [0.25, 0.3) is 0 Å². The van der Waals surface area contributed by atoms with Gasteiger partial charge in [0.25, 0.3) is 0 Å². The summed E-state index contributed by atoms with van der Waals surface area (Å²) in [6.45, 7) is 0.382. The van der Waals surface area contributed by atoms with Crippen LogP contribution in [-0.4, -0.2) is 41.8 Å². The van der Waals surface area contributed by atoms with E-state index in [4.69, 9.17) is 5.73 Å². The summed E-state index contributed by atoms with van der Waals surface area (Å²) in [5.74, 6) is -1.00. The van der Waals surface area contributed by atoms with Crippen LogP contribution in [-0.2, 0) is 4.79 Å². The predicted octanol–water partition coefficient (Wildman–Crippen LogP) is -0.259. The molecular formula is C11H20N4O4. The average Bonchev–Trinajstić information content (AvgIpc) is 2.35. The molecule has 0 aromatic rings. The lowest BCUT2D eigenvalue weighted by Gasteiger charge is -2.33. The van der Waals surface area contributed by atoms with E-state index in [9.17, 15) is 19.5 Å². The Morgan fingerprint density at radius 2 is 1.63 bits per heavy atom. The number of hydrogen-bond acceptors (Lipinski definition) is 3. The lowest BCUT2D eigenvalue weighted by atomic mass is 9.82. The van der Waals surface area contributed by atoms with Crippen molar-refractivity contribution in [2.75, 3.05) is 13.1 Å².